The smallest absolute Gasteiger partial charge is 0.237 e. The van der Waals surface area contributed by atoms with Crippen LogP contribution in [0.5, 0.6) is 0 Å². The first-order valence-corrected chi connectivity index (χ1v) is 9.65. The van der Waals surface area contributed by atoms with E-state index in [9.17, 15) is 15.3 Å². The Hall–Kier alpha value is -3.16. The van der Waals surface area contributed by atoms with Crippen molar-refractivity contribution in [2.45, 2.75) is 31.3 Å². The Kier molecular flexibility index (Phi) is 5.10. The molecule has 2 fully saturated rings. The number of carbonyl (C=O) groups excluding carboxylic acids is 1. The lowest BCUT2D eigenvalue weighted by Gasteiger charge is -2.23. The standard InChI is InChI=1S/C21H22N6O/c22-11-15-5-6-19(18-4-1-8-24-21(15)18)25-16-7-10-26(13-16)14-20(28)27-9-2-3-17(27)12-23/h1,4-6,8,16-17,25H,2-3,7,9-10,13-14H2/t16-,17?/m0/s1. The van der Waals surface area contributed by atoms with Gasteiger partial charge in [0.2, 0.25) is 5.91 Å². The Balaban J connectivity index is 1.41. The van der Waals surface area contributed by atoms with Crippen LogP contribution >= 0.6 is 0 Å². The minimum atomic E-state index is -0.262. The lowest BCUT2D eigenvalue weighted by atomic mass is 10.1. The van der Waals surface area contributed by atoms with Gasteiger partial charge in [-0.3, -0.25) is 14.7 Å². The summed E-state index contributed by atoms with van der Waals surface area (Å²) in [6.45, 7) is 2.68. The van der Waals surface area contributed by atoms with Crippen molar-refractivity contribution < 1.29 is 4.79 Å². The van der Waals surface area contributed by atoms with Crippen LogP contribution in [0, 0.1) is 22.7 Å². The third-order valence-corrected chi connectivity index (χ3v) is 5.60. The van der Waals surface area contributed by atoms with Crippen LogP contribution in [0.3, 0.4) is 0 Å². The average Bonchev–Trinajstić information content (AvgIpc) is 3.37. The molecule has 7 heteroatoms. The molecule has 1 unspecified atom stereocenters. The van der Waals surface area contributed by atoms with Crippen molar-refractivity contribution in [3.63, 3.8) is 0 Å². The fourth-order valence-corrected chi connectivity index (χ4v) is 4.18. The number of nitrogens with zero attached hydrogens (tertiary/aromatic N) is 5. The number of likely N-dealkylation sites (tertiary alicyclic amines) is 2. The lowest BCUT2D eigenvalue weighted by molar-refractivity contribution is -0.132. The van der Waals surface area contributed by atoms with Crippen molar-refractivity contribution in [3.8, 4) is 12.1 Å². The highest BCUT2D eigenvalue weighted by atomic mass is 16.2. The molecule has 3 heterocycles. The number of fused-ring (bicyclic) bond motifs is 1. The number of carbonyl (C=O) groups is 1. The second kappa shape index (κ2) is 7.84. The maximum absolute atomic E-state index is 12.6. The molecular weight excluding hydrogens is 352 g/mol. The van der Waals surface area contributed by atoms with E-state index in [1.165, 1.54) is 0 Å². The molecule has 4 rings (SSSR count). The number of pyridine rings is 1. The average molecular weight is 374 g/mol. The van der Waals surface area contributed by atoms with E-state index in [1.807, 2.05) is 18.2 Å². The summed E-state index contributed by atoms with van der Waals surface area (Å²) in [5.41, 5.74) is 2.23. The van der Waals surface area contributed by atoms with E-state index >= 15 is 0 Å². The molecule has 1 aromatic heterocycles. The highest BCUT2D eigenvalue weighted by Gasteiger charge is 2.31. The molecular formula is C21H22N6O. The molecule has 0 bridgehead atoms. The van der Waals surface area contributed by atoms with Gasteiger partial charge >= 0.3 is 0 Å². The predicted octanol–water partition coefficient (Wildman–Crippen LogP) is 2.11. The third-order valence-electron chi connectivity index (χ3n) is 5.60. The molecule has 2 aliphatic heterocycles. The number of nitriles is 2. The van der Waals surface area contributed by atoms with Crippen LogP contribution in [0.1, 0.15) is 24.8 Å². The van der Waals surface area contributed by atoms with E-state index in [0.717, 1.165) is 43.4 Å². The van der Waals surface area contributed by atoms with Gasteiger partial charge < -0.3 is 10.2 Å². The Bertz CT molecular complexity index is 975. The highest BCUT2D eigenvalue weighted by Crippen LogP contribution is 2.27. The van der Waals surface area contributed by atoms with Gasteiger partial charge in [-0.15, -0.1) is 0 Å². The molecule has 0 aliphatic carbocycles. The van der Waals surface area contributed by atoms with Gasteiger partial charge in [0.25, 0.3) is 0 Å². The summed E-state index contributed by atoms with van der Waals surface area (Å²) in [6.07, 6.45) is 4.33. The molecule has 0 saturated carbocycles. The highest BCUT2D eigenvalue weighted by molar-refractivity contribution is 5.94. The van der Waals surface area contributed by atoms with E-state index in [0.29, 0.717) is 24.2 Å². The van der Waals surface area contributed by atoms with E-state index in [-0.39, 0.29) is 18.0 Å². The number of benzene rings is 1. The number of hydrogen-bond donors (Lipinski definition) is 1. The topological polar surface area (TPSA) is 96.0 Å². The molecule has 2 aromatic rings. The lowest BCUT2D eigenvalue weighted by Crippen LogP contribution is -2.42. The van der Waals surface area contributed by atoms with Crippen molar-refractivity contribution >= 4 is 22.5 Å². The first kappa shape index (κ1) is 18.2. The summed E-state index contributed by atoms with van der Waals surface area (Å²) in [6, 6.07) is 12.0. The van der Waals surface area contributed by atoms with Crippen LogP contribution < -0.4 is 5.32 Å². The van der Waals surface area contributed by atoms with Gasteiger partial charge in [-0.2, -0.15) is 10.5 Å². The molecule has 2 atom stereocenters. The molecule has 142 valence electrons. The quantitative estimate of drug-likeness (QED) is 0.880. The van der Waals surface area contributed by atoms with E-state index in [2.05, 4.69) is 27.3 Å². The largest absolute Gasteiger partial charge is 0.380 e. The molecule has 28 heavy (non-hydrogen) atoms. The number of rotatable bonds is 4. The zero-order valence-corrected chi connectivity index (χ0v) is 15.6. The SMILES string of the molecule is N#Cc1ccc(N[C@H]2CCN(CC(=O)N3CCCC3C#N)C2)c2cccnc12. The molecule has 1 amide bonds. The van der Waals surface area contributed by atoms with Gasteiger partial charge in [-0.1, -0.05) is 0 Å². The van der Waals surface area contributed by atoms with Gasteiger partial charge in [0, 0.05) is 42.9 Å². The minimum absolute atomic E-state index is 0.0534. The Labute approximate surface area is 164 Å². The van der Waals surface area contributed by atoms with Crippen molar-refractivity contribution in [1.29, 1.82) is 10.5 Å². The van der Waals surface area contributed by atoms with Gasteiger partial charge in [0.05, 0.1) is 23.7 Å². The van der Waals surface area contributed by atoms with Gasteiger partial charge in [-0.25, -0.2) is 0 Å². The number of aromatic nitrogens is 1. The van der Waals surface area contributed by atoms with Gasteiger partial charge in [0.15, 0.2) is 0 Å². The zero-order valence-electron chi connectivity index (χ0n) is 15.6. The minimum Gasteiger partial charge on any atom is -0.380 e. The second-order valence-electron chi connectivity index (χ2n) is 7.41. The zero-order chi connectivity index (χ0) is 19.5. The predicted molar refractivity (Wildman–Crippen MR) is 105 cm³/mol. The van der Waals surface area contributed by atoms with Crippen LogP contribution in [0.25, 0.3) is 10.9 Å². The maximum atomic E-state index is 12.6. The maximum Gasteiger partial charge on any atom is 0.237 e. The molecule has 2 saturated heterocycles. The molecule has 0 spiro atoms. The molecule has 0 radical (unpaired) electrons. The normalized spacial score (nSPS) is 22.1. The van der Waals surface area contributed by atoms with E-state index in [4.69, 9.17) is 0 Å². The molecule has 1 aromatic carbocycles. The summed E-state index contributed by atoms with van der Waals surface area (Å²) in [4.78, 5) is 20.8. The summed E-state index contributed by atoms with van der Waals surface area (Å²) in [7, 11) is 0. The van der Waals surface area contributed by atoms with Crippen molar-refractivity contribution in [3.05, 3.63) is 36.0 Å². The van der Waals surface area contributed by atoms with Crippen LogP contribution in [0.15, 0.2) is 30.5 Å². The van der Waals surface area contributed by atoms with Crippen LogP contribution in [0.4, 0.5) is 5.69 Å². The molecule has 1 N–H and O–H groups in total. The number of nitrogens with one attached hydrogen (secondary N) is 1. The Morgan fingerprint density at radius 2 is 2.14 bits per heavy atom. The third kappa shape index (κ3) is 3.49. The summed E-state index contributed by atoms with van der Waals surface area (Å²) in [5, 5.41) is 23.0. The molecule has 7 nitrogen and oxygen atoms in total. The Morgan fingerprint density at radius 3 is 2.96 bits per heavy atom. The van der Waals surface area contributed by atoms with Gasteiger partial charge in [0.1, 0.15) is 12.1 Å². The molecule has 2 aliphatic rings. The number of anilines is 1. The van der Waals surface area contributed by atoms with Crippen molar-refractivity contribution in [2.24, 2.45) is 0 Å². The van der Waals surface area contributed by atoms with E-state index in [1.54, 1.807) is 17.2 Å². The first-order valence-electron chi connectivity index (χ1n) is 9.65. The van der Waals surface area contributed by atoms with E-state index < -0.39 is 0 Å². The van der Waals surface area contributed by atoms with Crippen LogP contribution in [-0.2, 0) is 4.79 Å². The Morgan fingerprint density at radius 1 is 1.25 bits per heavy atom. The first-order chi connectivity index (χ1) is 13.7. The fourth-order valence-electron chi connectivity index (χ4n) is 4.18. The van der Waals surface area contributed by atoms with Crippen molar-refractivity contribution in [2.75, 3.05) is 31.5 Å². The summed E-state index contributed by atoms with van der Waals surface area (Å²) in [5.74, 6) is 0.0534. The van der Waals surface area contributed by atoms with Gasteiger partial charge in [-0.05, 0) is 43.5 Å². The van der Waals surface area contributed by atoms with Crippen LogP contribution in [0.2, 0.25) is 0 Å². The fraction of sp³-hybridized carbons (Fsp3) is 0.429. The van der Waals surface area contributed by atoms with Crippen LogP contribution in [-0.4, -0.2) is 59.0 Å². The summed E-state index contributed by atoms with van der Waals surface area (Å²) < 4.78 is 0. The monoisotopic (exact) mass is 374 g/mol. The van der Waals surface area contributed by atoms with Crippen molar-refractivity contribution in [1.82, 2.24) is 14.8 Å². The number of amides is 1. The number of hydrogen-bond acceptors (Lipinski definition) is 6. The summed E-state index contributed by atoms with van der Waals surface area (Å²) >= 11 is 0. The second-order valence-corrected chi connectivity index (χ2v) is 7.41.